The fourth-order valence-electron chi connectivity index (χ4n) is 6.66. The van der Waals surface area contributed by atoms with E-state index in [4.69, 9.17) is 19.2 Å². The first-order valence-electron chi connectivity index (χ1n) is 14.5. The van der Waals surface area contributed by atoms with Crippen LogP contribution in [0, 0.1) is 5.92 Å². The molecule has 2 aromatic rings. The van der Waals surface area contributed by atoms with E-state index in [2.05, 4.69) is 20.7 Å². The summed E-state index contributed by atoms with van der Waals surface area (Å²) in [5.74, 6) is 1.42. The molecule has 1 aliphatic carbocycles. The highest BCUT2D eigenvalue weighted by atomic mass is 16.5. The molecule has 12 nitrogen and oxygen atoms in total. The molecule has 40 heavy (non-hydrogen) atoms. The molecule has 0 aromatic carbocycles. The number of aromatic nitrogens is 4. The molecule has 2 N–H and O–H groups in total. The molecule has 0 bridgehead atoms. The number of aromatic amines is 1. The fourth-order valence-corrected chi connectivity index (χ4v) is 6.66. The summed E-state index contributed by atoms with van der Waals surface area (Å²) in [5.41, 5.74) is 2.72. The SMILES string of the molecule is COC12CC(C(=O)c3cc(OCC4CCOCC4)nc(C4CC4)c3)NC1CN(C(=O)N1CCc3n[nH]nc3C1)C2. The van der Waals surface area contributed by atoms with Crippen LogP contribution < -0.4 is 10.1 Å². The number of ketones is 1. The van der Waals surface area contributed by atoms with Crippen molar-refractivity contribution >= 4 is 11.8 Å². The lowest BCUT2D eigenvalue weighted by atomic mass is 9.93. The van der Waals surface area contributed by atoms with Gasteiger partial charge in [0.2, 0.25) is 5.88 Å². The number of carbonyl (C=O) groups excluding carboxylic acids is 2. The number of pyridine rings is 1. The molecule has 214 valence electrons. The Hall–Kier alpha value is -3.09. The number of H-pyrrole nitrogens is 1. The van der Waals surface area contributed by atoms with Gasteiger partial charge in [0.25, 0.3) is 0 Å². The Morgan fingerprint density at radius 1 is 1.12 bits per heavy atom. The maximum Gasteiger partial charge on any atom is 0.320 e. The molecule has 3 atom stereocenters. The van der Waals surface area contributed by atoms with Crippen LogP contribution in [0.25, 0.3) is 0 Å². The van der Waals surface area contributed by atoms with Gasteiger partial charge in [-0.15, -0.1) is 0 Å². The third kappa shape index (κ3) is 4.86. The van der Waals surface area contributed by atoms with Crippen LogP contribution in [-0.4, -0.2) is 106 Å². The van der Waals surface area contributed by atoms with E-state index in [1.54, 1.807) is 13.2 Å². The monoisotopic (exact) mass is 551 g/mol. The highest BCUT2D eigenvalue weighted by Gasteiger charge is 2.56. The first-order chi connectivity index (χ1) is 19.5. The Morgan fingerprint density at radius 3 is 2.73 bits per heavy atom. The van der Waals surface area contributed by atoms with Gasteiger partial charge in [0.15, 0.2) is 5.78 Å². The first-order valence-corrected chi connectivity index (χ1v) is 14.5. The molecule has 2 amide bonds. The van der Waals surface area contributed by atoms with E-state index in [1.807, 2.05) is 15.9 Å². The zero-order valence-corrected chi connectivity index (χ0v) is 22.9. The van der Waals surface area contributed by atoms with Crippen molar-refractivity contribution in [3.63, 3.8) is 0 Å². The summed E-state index contributed by atoms with van der Waals surface area (Å²) in [5, 5.41) is 14.5. The van der Waals surface area contributed by atoms with Gasteiger partial charge in [0.05, 0.1) is 37.5 Å². The summed E-state index contributed by atoms with van der Waals surface area (Å²) in [6, 6.07) is 3.19. The Kier molecular flexibility index (Phi) is 6.71. The normalized spacial score (nSPS) is 28.4. The third-order valence-electron chi connectivity index (χ3n) is 9.28. The molecular formula is C28H37N7O5. The number of methoxy groups -OCH3 is 1. The number of rotatable bonds is 7. The molecule has 6 heterocycles. The maximum atomic E-state index is 13.8. The first kappa shape index (κ1) is 25.8. The van der Waals surface area contributed by atoms with Crippen LogP contribution in [0.3, 0.4) is 0 Å². The van der Waals surface area contributed by atoms with Crippen molar-refractivity contribution in [2.45, 2.75) is 68.7 Å². The van der Waals surface area contributed by atoms with Crippen LogP contribution in [0.4, 0.5) is 4.79 Å². The molecule has 4 fully saturated rings. The van der Waals surface area contributed by atoms with Crippen LogP contribution in [0.1, 0.15) is 65.5 Å². The van der Waals surface area contributed by atoms with E-state index in [-0.39, 0.29) is 17.9 Å². The van der Waals surface area contributed by atoms with Gasteiger partial charge in [-0.05, 0) is 37.7 Å². The second-order valence-corrected chi connectivity index (χ2v) is 11.9. The molecule has 5 aliphatic rings. The number of hydrogen-bond acceptors (Lipinski definition) is 9. The fraction of sp³-hybridized carbons (Fsp3) is 0.679. The van der Waals surface area contributed by atoms with Crippen molar-refractivity contribution in [1.29, 1.82) is 0 Å². The Labute approximate surface area is 233 Å². The number of amides is 2. The van der Waals surface area contributed by atoms with E-state index >= 15 is 0 Å². The van der Waals surface area contributed by atoms with Gasteiger partial charge >= 0.3 is 6.03 Å². The van der Waals surface area contributed by atoms with E-state index in [0.29, 0.717) is 68.9 Å². The topological polar surface area (TPSA) is 135 Å². The average Bonchev–Trinajstić information content (AvgIpc) is 3.48. The highest BCUT2D eigenvalue weighted by Crippen LogP contribution is 2.41. The summed E-state index contributed by atoms with van der Waals surface area (Å²) in [4.78, 5) is 35.6. The molecule has 0 radical (unpaired) electrons. The highest BCUT2D eigenvalue weighted by molar-refractivity contribution is 6.01. The average molecular weight is 552 g/mol. The van der Waals surface area contributed by atoms with E-state index in [0.717, 1.165) is 56.0 Å². The van der Waals surface area contributed by atoms with Crippen molar-refractivity contribution < 1.29 is 23.8 Å². The Bertz CT molecular complexity index is 1280. The van der Waals surface area contributed by atoms with E-state index in [9.17, 15) is 9.59 Å². The molecule has 3 saturated heterocycles. The summed E-state index contributed by atoms with van der Waals surface area (Å²) in [6.07, 6.45) is 5.36. The number of carbonyl (C=O) groups is 2. The second kappa shape index (κ2) is 10.4. The smallest absolute Gasteiger partial charge is 0.320 e. The van der Waals surface area contributed by atoms with Crippen LogP contribution in [0.15, 0.2) is 12.1 Å². The van der Waals surface area contributed by atoms with Gasteiger partial charge in [-0.1, -0.05) is 0 Å². The van der Waals surface area contributed by atoms with Crippen molar-refractivity contribution in [2.24, 2.45) is 5.92 Å². The van der Waals surface area contributed by atoms with Gasteiger partial charge in [0.1, 0.15) is 11.3 Å². The van der Waals surface area contributed by atoms with Crippen molar-refractivity contribution in [3.8, 4) is 5.88 Å². The lowest BCUT2D eigenvalue weighted by Gasteiger charge is -2.31. The number of ether oxygens (including phenoxy) is 3. The van der Waals surface area contributed by atoms with Gasteiger partial charge < -0.3 is 24.0 Å². The largest absolute Gasteiger partial charge is 0.477 e. The lowest BCUT2D eigenvalue weighted by molar-refractivity contribution is -0.00184. The zero-order chi connectivity index (χ0) is 27.3. The molecule has 1 saturated carbocycles. The minimum Gasteiger partial charge on any atom is -0.477 e. The van der Waals surface area contributed by atoms with Crippen LogP contribution in [0.2, 0.25) is 0 Å². The van der Waals surface area contributed by atoms with Gasteiger partial charge in [-0.25, -0.2) is 9.78 Å². The Morgan fingerprint density at radius 2 is 1.95 bits per heavy atom. The predicted molar refractivity (Wildman–Crippen MR) is 142 cm³/mol. The standard InChI is InChI=1S/C28H37N7O5/c1-38-28-12-22(29-24(28)14-35(16-28)27(37)34-7-4-20-23(13-34)32-33-31-20)26(36)19-10-21(18-2-3-18)30-25(11-19)40-15-17-5-8-39-9-6-17/h10-11,17-18,22,24,29H,2-9,12-16H2,1H3,(H,31,32,33). The van der Waals surface area contributed by atoms with Gasteiger partial charge in [0, 0.05) is 69.5 Å². The van der Waals surface area contributed by atoms with Crippen molar-refractivity contribution in [3.05, 3.63) is 34.8 Å². The number of Topliss-reactive ketones (excluding diaryl/α,β-unsaturated/α-hetero) is 1. The van der Waals surface area contributed by atoms with Gasteiger partial charge in [-0.2, -0.15) is 15.4 Å². The number of fused-ring (bicyclic) bond motifs is 2. The maximum absolute atomic E-state index is 13.8. The number of likely N-dealkylation sites (tertiary alicyclic amines) is 1. The minimum atomic E-state index is -0.612. The second-order valence-electron chi connectivity index (χ2n) is 11.9. The molecule has 2 aromatic heterocycles. The van der Waals surface area contributed by atoms with Crippen LogP contribution in [-0.2, 0) is 22.4 Å². The van der Waals surface area contributed by atoms with Crippen molar-refractivity contribution in [2.75, 3.05) is 46.6 Å². The summed E-state index contributed by atoms with van der Waals surface area (Å²) < 4.78 is 17.6. The molecule has 7 rings (SSSR count). The third-order valence-corrected chi connectivity index (χ3v) is 9.28. The molecule has 12 heteroatoms. The summed E-state index contributed by atoms with van der Waals surface area (Å²) >= 11 is 0. The van der Waals surface area contributed by atoms with Crippen LogP contribution >= 0.6 is 0 Å². The molecule has 3 unspecified atom stereocenters. The van der Waals surface area contributed by atoms with Gasteiger partial charge in [-0.3, -0.25) is 10.1 Å². The predicted octanol–water partition coefficient (Wildman–Crippen LogP) is 1.67. The Balaban J connectivity index is 1.03. The lowest BCUT2D eigenvalue weighted by Crippen LogP contribution is -2.47. The molecule has 0 spiro atoms. The molecule has 4 aliphatic heterocycles. The number of urea groups is 1. The number of hydrogen-bond donors (Lipinski definition) is 2. The zero-order valence-electron chi connectivity index (χ0n) is 22.9. The van der Waals surface area contributed by atoms with E-state index in [1.165, 1.54) is 0 Å². The van der Waals surface area contributed by atoms with Crippen molar-refractivity contribution in [1.82, 2.24) is 35.5 Å². The summed E-state index contributed by atoms with van der Waals surface area (Å²) in [6.45, 7) is 4.12. The quantitative estimate of drug-likeness (QED) is 0.493. The number of nitrogens with zero attached hydrogens (tertiary/aromatic N) is 5. The van der Waals surface area contributed by atoms with E-state index < -0.39 is 11.6 Å². The summed E-state index contributed by atoms with van der Waals surface area (Å²) in [7, 11) is 1.68. The minimum absolute atomic E-state index is 0.0264. The number of nitrogens with one attached hydrogen (secondary N) is 2. The molecular weight excluding hydrogens is 514 g/mol. The van der Waals surface area contributed by atoms with Crippen LogP contribution in [0.5, 0.6) is 5.88 Å².